The summed E-state index contributed by atoms with van der Waals surface area (Å²) >= 11 is 0. The number of carbonyl (C=O) groups is 3. The van der Waals surface area contributed by atoms with E-state index >= 15 is 0 Å². The number of hydrogen-bond donors (Lipinski definition) is 1. The number of rotatable bonds is 3. The third kappa shape index (κ3) is 2.12. The molecule has 0 aliphatic carbocycles. The van der Waals surface area contributed by atoms with Gasteiger partial charge in [0.15, 0.2) is 0 Å². The first-order valence-corrected chi connectivity index (χ1v) is 4.11. The van der Waals surface area contributed by atoms with Crippen LogP contribution in [0.25, 0.3) is 0 Å². The first-order chi connectivity index (χ1) is 6.02. The fraction of sp³-hybridized carbons (Fsp3) is 0.625. The lowest BCUT2D eigenvalue weighted by Crippen LogP contribution is -2.36. The maximum absolute atomic E-state index is 11.2. The quantitative estimate of drug-likeness (QED) is 0.573. The van der Waals surface area contributed by atoms with Crippen LogP contribution in [0, 0.1) is 0 Å². The molecule has 72 valence electrons. The second-order valence-electron chi connectivity index (χ2n) is 3.15. The Bertz CT molecular complexity index is 262. The minimum absolute atomic E-state index is 0.0407. The number of carbonyl (C=O) groups excluding carboxylic acids is 3. The van der Waals surface area contributed by atoms with Crippen molar-refractivity contribution in [3.05, 3.63) is 0 Å². The third-order valence-corrected chi connectivity index (χ3v) is 1.97. The first-order valence-electron chi connectivity index (χ1n) is 4.11. The summed E-state index contributed by atoms with van der Waals surface area (Å²) in [5.74, 6) is -0.689. The molecule has 1 saturated heterocycles. The zero-order chi connectivity index (χ0) is 10.0. The van der Waals surface area contributed by atoms with Gasteiger partial charge in [-0.05, 0) is 6.92 Å². The number of nitrogens with two attached hydrogens (primary N) is 1. The Morgan fingerprint density at radius 1 is 1.62 bits per heavy atom. The molecule has 1 unspecified atom stereocenters. The highest BCUT2D eigenvalue weighted by Crippen LogP contribution is 2.11. The summed E-state index contributed by atoms with van der Waals surface area (Å²) in [6, 6.07) is -0.709. The maximum atomic E-state index is 11.2. The maximum Gasteiger partial charge on any atom is 0.246 e. The zero-order valence-corrected chi connectivity index (χ0v) is 7.45. The molecule has 2 amide bonds. The van der Waals surface area contributed by atoms with E-state index in [0.29, 0.717) is 0 Å². The molecule has 0 spiro atoms. The Labute approximate surface area is 75.9 Å². The van der Waals surface area contributed by atoms with Crippen molar-refractivity contribution in [2.75, 3.05) is 6.54 Å². The fourth-order valence-corrected chi connectivity index (χ4v) is 1.21. The molecule has 0 aromatic rings. The molecule has 0 aromatic carbocycles. The Balaban J connectivity index is 2.54. The summed E-state index contributed by atoms with van der Waals surface area (Å²) in [5, 5.41) is 0. The summed E-state index contributed by atoms with van der Waals surface area (Å²) in [6.07, 6.45) is 0.279. The molecule has 1 aliphatic rings. The van der Waals surface area contributed by atoms with Crippen LogP contribution in [-0.2, 0) is 14.4 Å². The Hall–Kier alpha value is -1.23. The van der Waals surface area contributed by atoms with Crippen molar-refractivity contribution < 1.29 is 14.4 Å². The van der Waals surface area contributed by atoms with E-state index in [2.05, 4.69) is 0 Å². The number of hydrogen-bond acceptors (Lipinski definition) is 4. The Morgan fingerprint density at radius 3 is 2.62 bits per heavy atom. The number of Topliss-reactive ketones (excluding diaryl/α,β-unsaturated/α-hetero) is 1. The topological polar surface area (TPSA) is 80.5 Å². The molecule has 5 heteroatoms. The van der Waals surface area contributed by atoms with E-state index in [-0.39, 0.29) is 37.0 Å². The number of likely N-dealkylation sites (tertiary alicyclic amines) is 1. The van der Waals surface area contributed by atoms with Crippen LogP contribution in [0.4, 0.5) is 0 Å². The van der Waals surface area contributed by atoms with Crippen LogP contribution in [0.1, 0.15) is 19.8 Å². The Morgan fingerprint density at radius 2 is 2.23 bits per heavy atom. The fourth-order valence-electron chi connectivity index (χ4n) is 1.21. The van der Waals surface area contributed by atoms with Crippen LogP contribution < -0.4 is 5.73 Å². The lowest BCUT2D eigenvalue weighted by molar-refractivity contribution is -0.138. The van der Waals surface area contributed by atoms with Gasteiger partial charge in [-0.3, -0.25) is 19.3 Å². The predicted molar refractivity (Wildman–Crippen MR) is 44.6 cm³/mol. The minimum atomic E-state index is -0.709. The van der Waals surface area contributed by atoms with Gasteiger partial charge in [0.05, 0.1) is 12.5 Å². The molecule has 1 rings (SSSR count). The molecular weight excluding hydrogens is 172 g/mol. The molecule has 0 bridgehead atoms. The Kier molecular flexibility index (Phi) is 2.77. The van der Waals surface area contributed by atoms with Gasteiger partial charge in [-0.25, -0.2) is 0 Å². The van der Waals surface area contributed by atoms with Gasteiger partial charge < -0.3 is 5.73 Å². The predicted octanol–water partition coefficient (Wildman–Crippen LogP) is -0.948. The van der Waals surface area contributed by atoms with E-state index in [1.165, 1.54) is 6.92 Å². The van der Waals surface area contributed by atoms with Gasteiger partial charge in [-0.1, -0.05) is 0 Å². The van der Waals surface area contributed by atoms with Crippen molar-refractivity contribution in [2.24, 2.45) is 5.73 Å². The molecule has 0 saturated carbocycles. The van der Waals surface area contributed by atoms with E-state index in [1.54, 1.807) is 0 Å². The van der Waals surface area contributed by atoms with E-state index in [1.807, 2.05) is 0 Å². The highest BCUT2D eigenvalue weighted by atomic mass is 16.2. The standard InChI is InChI=1S/C8H12N2O3/c1-5(11)2-3-10-7(12)4-6(9)8(10)13/h6H,2-4,9H2,1H3. The molecule has 0 radical (unpaired) electrons. The average Bonchev–Trinajstić information content (AvgIpc) is 2.24. The molecule has 13 heavy (non-hydrogen) atoms. The normalized spacial score (nSPS) is 22.6. The summed E-state index contributed by atoms with van der Waals surface area (Å²) in [5.41, 5.74) is 5.37. The summed E-state index contributed by atoms with van der Waals surface area (Å²) in [4.78, 5) is 34.0. The smallest absolute Gasteiger partial charge is 0.246 e. The average molecular weight is 184 g/mol. The highest BCUT2D eigenvalue weighted by Gasteiger charge is 2.35. The number of nitrogens with zero attached hydrogens (tertiary/aromatic N) is 1. The molecule has 1 fully saturated rings. The second kappa shape index (κ2) is 3.66. The van der Waals surface area contributed by atoms with E-state index in [4.69, 9.17) is 5.73 Å². The van der Waals surface area contributed by atoms with Gasteiger partial charge in [0.2, 0.25) is 11.8 Å². The molecule has 1 atom stereocenters. The van der Waals surface area contributed by atoms with Crippen LogP contribution >= 0.6 is 0 Å². The van der Waals surface area contributed by atoms with E-state index in [0.717, 1.165) is 4.90 Å². The van der Waals surface area contributed by atoms with Gasteiger partial charge in [0.1, 0.15) is 5.78 Å². The summed E-state index contributed by atoms with van der Waals surface area (Å²) in [6.45, 7) is 1.59. The summed E-state index contributed by atoms with van der Waals surface area (Å²) in [7, 11) is 0. The van der Waals surface area contributed by atoms with Crippen LogP contribution in [0.5, 0.6) is 0 Å². The van der Waals surface area contributed by atoms with Crippen LogP contribution in [-0.4, -0.2) is 35.1 Å². The van der Waals surface area contributed by atoms with Gasteiger partial charge in [-0.2, -0.15) is 0 Å². The van der Waals surface area contributed by atoms with Crippen molar-refractivity contribution in [1.29, 1.82) is 0 Å². The van der Waals surface area contributed by atoms with Gasteiger partial charge in [0, 0.05) is 13.0 Å². The lowest BCUT2D eigenvalue weighted by atomic mass is 10.3. The summed E-state index contributed by atoms with van der Waals surface area (Å²) < 4.78 is 0. The van der Waals surface area contributed by atoms with Gasteiger partial charge >= 0.3 is 0 Å². The molecule has 2 N–H and O–H groups in total. The van der Waals surface area contributed by atoms with Gasteiger partial charge in [0.25, 0.3) is 0 Å². The van der Waals surface area contributed by atoms with Crippen molar-refractivity contribution >= 4 is 17.6 Å². The van der Waals surface area contributed by atoms with Crippen molar-refractivity contribution in [3.63, 3.8) is 0 Å². The minimum Gasteiger partial charge on any atom is -0.319 e. The van der Waals surface area contributed by atoms with Crippen molar-refractivity contribution in [1.82, 2.24) is 4.90 Å². The molecule has 0 aromatic heterocycles. The first kappa shape index (κ1) is 9.85. The second-order valence-corrected chi connectivity index (χ2v) is 3.15. The molecule has 1 aliphatic heterocycles. The monoisotopic (exact) mass is 184 g/mol. The number of imide groups is 1. The SMILES string of the molecule is CC(=O)CCN1C(=O)CC(N)C1=O. The largest absolute Gasteiger partial charge is 0.319 e. The van der Waals surface area contributed by atoms with Crippen molar-refractivity contribution in [2.45, 2.75) is 25.8 Å². The van der Waals surface area contributed by atoms with Gasteiger partial charge in [-0.15, -0.1) is 0 Å². The van der Waals surface area contributed by atoms with E-state index < -0.39 is 6.04 Å². The van der Waals surface area contributed by atoms with Crippen molar-refractivity contribution in [3.8, 4) is 0 Å². The molecule has 5 nitrogen and oxygen atoms in total. The van der Waals surface area contributed by atoms with Crippen LogP contribution in [0.15, 0.2) is 0 Å². The van der Waals surface area contributed by atoms with Crippen LogP contribution in [0.3, 0.4) is 0 Å². The highest BCUT2D eigenvalue weighted by molar-refractivity contribution is 6.05. The molecule has 1 heterocycles. The molecular formula is C8H12N2O3. The number of ketones is 1. The third-order valence-electron chi connectivity index (χ3n) is 1.97. The van der Waals surface area contributed by atoms with E-state index in [9.17, 15) is 14.4 Å². The lowest BCUT2D eigenvalue weighted by Gasteiger charge is -2.12. The zero-order valence-electron chi connectivity index (χ0n) is 7.45. The number of amides is 2. The van der Waals surface area contributed by atoms with Crippen LogP contribution in [0.2, 0.25) is 0 Å².